The van der Waals surface area contributed by atoms with E-state index in [0.717, 1.165) is 43.4 Å². The van der Waals surface area contributed by atoms with E-state index in [2.05, 4.69) is 6.92 Å². The summed E-state index contributed by atoms with van der Waals surface area (Å²) in [6.45, 7) is 3.74. The summed E-state index contributed by atoms with van der Waals surface area (Å²) in [5.41, 5.74) is 0.746. The number of rotatable bonds is 10. The molecule has 1 aromatic carbocycles. The molecule has 170 valence electrons. The number of nitrogens with zero attached hydrogens (tertiary/aromatic N) is 1. The fourth-order valence-electron chi connectivity index (χ4n) is 4.26. The van der Waals surface area contributed by atoms with E-state index < -0.39 is 23.5 Å². The summed E-state index contributed by atoms with van der Waals surface area (Å²) >= 11 is 0. The molecule has 2 aromatic rings. The van der Waals surface area contributed by atoms with Gasteiger partial charge in [-0.15, -0.1) is 0 Å². The van der Waals surface area contributed by atoms with E-state index in [1.165, 1.54) is 17.2 Å². The molecule has 1 saturated heterocycles. The standard InChI is InChI=1S/C25H29NO6/c1-2-3-4-13-30-18-11-9-17(10-12-18)22-21(23(27)20-8-6-15-32-20)24(28)25(29)26(22)16-19-7-5-14-31-19/h6,8-12,15,19,22,28H,2-5,7,13-14,16H2,1H3. The van der Waals surface area contributed by atoms with Gasteiger partial charge in [0.25, 0.3) is 5.91 Å². The molecule has 32 heavy (non-hydrogen) atoms. The van der Waals surface area contributed by atoms with Crippen LogP contribution in [0.1, 0.15) is 61.2 Å². The van der Waals surface area contributed by atoms with E-state index in [4.69, 9.17) is 13.9 Å². The number of carbonyl (C=O) groups is 2. The smallest absolute Gasteiger partial charge is 0.290 e. The molecule has 1 aromatic heterocycles. The maximum atomic E-state index is 13.2. The minimum Gasteiger partial charge on any atom is -0.503 e. The van der Waals surface area contributed by atoms with Crippen molar-refractivity contribution >= 4 is 11.7 Å². The lowest BCUT2D eigenvalue weighted by Gasteiger charge is -2.28. The van der Waals surface area contributed by atoms with Crippen molar-refractivity contribution in [2.24, 2.45) is 0 Å². The fraction of sp³-hybridized carbons (Fsp3) is 0.440. The van der Waals surface area contributed by atoms with Crippen LogP contribution >= 0.6 is 0 Å². The quantitative estimate of drug-likeness (QED) is 0.430. The number of aliphatic hydroxyl groups excluding tert-OH is 1. The molecule has 2 aliphatic heterocycles. The fourth-order valence-corrected chi connectivity index (χ4v) is 4.26. The van der Waals surface area contributed by atoms with Gasteiger partial charge in [0.1, 0.15) is 5.75 Å². The predicted molar refractivity (Wildman–Crippen MR) is 118 cm³/mol. The topological polar surface area (TPSA) is 89.2 Å². The monoisotopic (exact) mass is 439 g/mol. The Bertz CT molecular complexity index is 957. The van der Waals surface area contributed by atoms with Crippen molar-refractivity contribution in [1.29, 1.82) is 0 Å². The maximum Gasteiger partial charge on any atom is 0.290 e. The summed E-state index contributed by atoms with van der Waals surface area (Å²) in [4.78, 5) is 27.7. The Morgan fingerprint density at radius 3 is 2.69 bits per heavy atom. The maximum absolute atomic E-state index is 13.2. The molecule has 0 spiro atoms. The molecule has 1 N–H and O–H groups in total. The number of carbonyl (C=O) groups excluding carboxylic acids is 2. The minimum atomic E-state index is -0.724. The molecule has 0 aliphatic carbocycles. The second-order valence-electron chi connectivity index (χ2n) is 8.19. The van der Waals surface area contributed by atoms with Crippen LogP contribution in [-0.4, -0.2) is 47.6 Å². The Labute approximate surface area is 187 Å². The van der Waals surface area contributed by atoms with Crippen LogP contribution in [-0.2, 0) is 9.53 Å². The summed E-state index contributed by atoms with van der Waals surface area (Å²) in [5, 5.41) is 10.7. The van der Waals surface area contributed by atoms with Crippen LogP contribution in [0.4, 0.5) is 0 Å². The van der Waals surface area contributed by atoms with E-state index in [9.17, 15) is 14.7 Å². The second kappa shape index (κ2) is 10.0. The molecule has 1 amide bonds. The van der Waals surface area contributed by atoms with E-state index in [-0.39, 0.29) is 17.4 Å². The van der Waals surface area contributed by atoms with Gasteiger partial charge < -0.3 is 23.9 Å². The number of ketones is 1. The molecule has 0 saturated carbocycles. The number of unbranched alkanes of at least 4 members (excludes halogenated alkanes) is 2. The Morgan fingerprint density at radius 2 is 2.03 bits per heavy atom. The van der Waals surface area contributed by atoms with Crippen LogP contribution < -0.4 is 4.74 Å². The summed E-state index contributed by atoms with van der Waals surface area (Å²) in [5.74, 6) is -0.790. The number of benzene rings is 1. The van der Waals surface area contributed by atoms with Gasteiger partial charge in [-0.3, -0.25) is 9.59 Å². The van der Waals surface area contributed by atoms with Crippen LogP contribution in [0.5, 0.6) is 5.75 Å². The lowest BCUT2D eigenvalue weighted by atomic mass is 9.95. The largest absolute Gasteiger partial charge is 0.503 e. The van der Waals surface area contributed by atoms with Crippen molar-refractivity contribution in [3.05, 3.63) is 65.3 Å². The van der Waals surface area contributed by atoms with E-state index in [1.807, 2.05) is 24.3 Å². The molecule has 2 aliphatic rings. The van der Waals surface area contributed by atoms with E-state index >= 15 is 0 Å². The highest BCUT2D eigenvalue weighted by Gasteiger charge is 2.45. The van der Waals surface area contributed by atoms with Gasteiger partial charge in [0, 0.05) is 13.2 Å². The van der Waals surface area contributed by atoms with Gasteiger partial charge in [-0.25, -0.2) is 0 Å². The van der Waals surface area contributed by atoms with Crippen LogP contribution in [0.15, 0.2) is 58.4 Å². The van der Waals surface area contributed by atoms with Gasteiger partial charge in [0.2, 0.25) is 5.78 Å². The molecule has 0 bridgehead atoms. The molecular weight excluding hydrogens is 410 g/mol. The summed E-state index contributed by atoms with van der Waals surface area (Å²) in [6.07, 6.45) is 6.27. The van der Waals surface area contributed by atoms with Crippen molar-refractivity contribution < 1.29 is 28.6 Å². The van der Waals surface area contributed by atoms with Gasteiger partial charge in [0.05, 0.1) is 30.6 Å². The molecule has 2 atom stereocenters. The van der Waals surface area contributed by atoms with Gasteiger partial charge in [0.15, 0.2) is 11.5 Å². The predicted octanol–water partition coefficient (Wildman–Crippen LogP) is 4.61. The summed E-state index contributed by atoms with van der Waals surface area (Å²) in [6, 6.07) is 9.75. The number of hydrogen-bond donors (Lipinski definition) is 1. The third-order valence-corrected chi connectivity index (χ3v) is 5.93. The first-order chi connectivity index (χ1) is 15.6. The van der Waals surface area contributed by atoms with Crippen LogP contribution in [0.25, 0.3) is 0 Å². The minimum absolute atomic E-state index is 0.0274. The highest BCUT2D eigenvalue weighted by Crippen LogP contribution is 2.40. The van der Waals surface area contributed by atoms with Crippen LogP contribution in [0.2, 0.25) is 0 Å². The van der Waals surface area contributed by atoms with Gasteiger partial charge in [-0.2, -0.15) is 0 Å². The van der Waals surface area contributed by atoms with Crippen molar-refractivity contribution in [1.82, 2.24) is 4.90 Å². The van der Waals surface area contributed by atoms with Gasteiger partial charge >= 0.3 is 0 Å². The zero-order chi connectivity index (χ0) is 22.5. The van der Waals surface area contributed by atoms with E-state index in [1.54, 1.807) is 6.07 Å². The van der Waals surface area contributed by atoms with Crippen molar-refractivity contribution in [2.45, 2.75) is 51.2 Å². The molecule has 7 nitrogen and oxygen atoms in total. The SMILES string of the molecule is CCCCCOc1ccc(C2C(C(=O)c3ccco3)=C(O)C(=O)N2CC2CCCO2)cc1. The first kappa shape index (κ1) is 22.1. The highest BCUT2D eigenvalue weighted by atomic mass is 16.5. The molecule has 4 rings (SSSR count). The summed E-state index contributed by atoms with van der Waals surface area (Å²) in [7, 11) is 0. The zero-order valence-corrected chi connectivity index (χ0v) is 18.3. The molecule has 1 fully saturated rings. The molecule has 3 heterocycles. The van der Waals surface area contributed by atoms with Crippen molar-refractivity contribution in [2.75, 3.05) is 19.8 Å². The number of hydrogen-bond acceptors (Lipinski definition) is 6. The second-order valence-corrected chi connectivity index (χ2v) is 8.19. The molecule has 7 heteroatoms. The number of furan rings is 1. The molecule has 0 radical (unpaired) electrons. The van der Waals surface area contributed by atoms with Crippen molar-refractivity contribution in [3.63, 3.8) is 0 Å². The average Bonchev–Trinajstić information content (AvgIpc) is 3.56. The lowest BCUT2D eigenvalue weighted by Crippen LogP contribution is -2.37. The van der Waals surface area contributed by atoms with Gasteiger partial charge in [-0.1, -0.05) is 31.9 Å². The normalized spacial score (nSPS) is 20.9. The Kier molecular flexibility index (Phi) is 6.95. The number of ether oxygens (including phenoxy) is 2. The lowest BCUT2D eigenvalue weighted by molar-refractivity contribution is -0.131. The van der Waals surface area contributed by atoms with Gasteiger partial charge in [-0.05, 0) is 49.1 Å². The average molecular weight is 440 g/mol. The Hall–Kier alpha value is -3.06. The van der Waals surface area contributed by atoms with E-state index in [0.29, 0.717) is 19.8 Å². The zero-order valence-electron chi connectivity index (χ0n) is 18.3. The van der Waals surface area contributed by atoms with Crippen molar-refractivity contribution in [3.8, 4) is 5.75 Å². The number of aliphatic hydroxyl groups is 1. The Morgan fingerprint density at radius 1 is 1.22 bits per heavy atom. The van der Waals surface area contributed by atoms with Crippen LogP contribution in [0.3, 0.4) is 0 Å². The first-order valence-corrected chi connectivity index (χ1v) is 11.3. The summed E-state index contributed by atoms with van der Waals surface area (Å²) < 4.78 is 16.8. The third-order valence-electron chi connectivity index (χ3n) is 5.93. The van der Waals surface area contributed by atoms with Crippen LogP contribution in [0, 0.1) is 0 Å². The number of Topliss-reactive ketones (excluding diaryl/α,β-unsaturated/α-hetero) is 1. The highest BCUT2D eigenvalue weighted by molar-refractivity contribution is 6.15. The molecule has 2 unspecified atom stereocenters. The number of amides is 1. The Balaban J connectivity index is 1.61. The molecular formula is C25H29NO6. The first-order valence-electron chi connectivity index (χ1n) is 11.3. The third kappa shape index (κ3) is 4.58.